The molecule has 1 aromatic heterocycles. The first-order valence-electron chi connectivity index (χ1n) is 5.15. The van der Waals surface area contributed by atoms with Gasteiger partial charge in [-0.2, -0.15) is 0 Å². The number of carbonyl (C=O) groups excluding carboxylic acids is 1. The van der Waals surface area contributed by atoms with Gasteiger partial charge in [-0.1, -0.05) is 23.7 Å². The van der Waals surface area contributed by atoms with E-state index in [0.29, 0.717) is 10.0 Å². The van der Waals surface area contributed by atoms with Crippen LogP contribution in [0.1, 0.15) is 9.80 Å². The first-order chi connectivity index (χ1) is 8.61. The number of rotatable bonds is 3. The van der Waals surface area contributed by atoms with Crippen molar-refractivity contribution in [3.05, 3.63) is 39.7 Å². The molecule has 4 nitrogen and oxygen atoms in total. The van der Waals surface area contributed by atoms with E-state index < -0.39 is 0 Å². The molecular formula is C12H11ClN2O2S. The molecule has 0 fully saturated rings. The second-order valence-corrected chi connectivity index (χ2v) is 4.82. The fraction of sp³-hybridized carbons (Fsp3) is 0.167. The van der Waals surface area contributed by atoms with E-state index in [1.54, 1.807) is 19.2 Å². The van der Waals surface area contributed by atoms with Gasteiger partial charge in [-0.25, -0.2) is 10.0 Å². The fourth-order valence-electron chi connectivity index (χ4n) is 1.34. The van der Waals surface area contributed by atoms with E-state index in [0.717, 1.165) is 16.3 Å². The molecule has 0 N–H and O–H groups in total. The van der Waals surface area contributed by atoms with Gasteiger partial charge in [0.15, 0.2) is 5.01 Å². The lowest BCUT2D eigenvalue weighted by Crippen LogP contribution is -2.25. The van der Waals surface area contributed by atoms with Gasteiger partial charge in [0.1, 0.15) is 0 Å². The van der Waals surface area contributed by atoms with Crippen molar-refractivity contribution in [2.24, 2.45) is 0 Å². The second kappa shape index (κ2) is 5.48. The van der Waals surface area contributed by atoms with Gasteiger partial charge in [0.2, 0.25) is 0 Å². The molecule has 0 aliphatic heterocycles. The van der Waals surface area contributed by atoms with E-state index in [1.807, 2.05) is 17.5 Å². The van der Waals surface area contributed by atoms with Crippen LogP contribution in [0, 0.1) is 0 Å². The maximum atomic E-state index is 11.8. The third-order valence-corrected chi connectivity index (χ3v) is 3.47. The molecule has 0 unspecified atom stereocenters. The van der Waals surface area contributed by atoms with E-state index in [4.69, 9.17) is 16.4 Å². The summed E-state index contributed by atoms with van der Waals surface area (Å²) in [5.74, 6) is -0.261. The summed E-state index contributed by atoms with van der Waals surface area (Å²) in [6.45, 7) is 0. The molecule has 1 amide bonds. The zero-order valence-electron chi connectivity index (χ0n) is 9.88. The summed E-state index contributed by atoms with van der Waals surface area (Å²) in [5.41, 5.74) is 1.68. The highest BCUT2D eigenvalue weighted by atomic mass is 35.5. The second-order valence-electron chi connectivity index (χ2n) is 3.53. The average Bonchev–Trinajstić information content (AvgIpc) is 2.87. The molecule has 0 saturated carbocycles. The van der Waals surface area contributed by atoms with Gasteiger partial charge in [0.05, 0.1) is 12.8 Å². The summed E-state index contributed by atoms with van der Waals surface area (Å²) >= 11 is 7.11. The van der Waals surface area contributed by atoms with Gasteiger partial charge < -0.3 is 0 Å². The SMILES string of the molecule is CON(C)C(=O)c1nc(-c2ccc(Cl)cc2)cs1. The zero-order chi connectivity index (χ0) is 13.1. The lowest BCUT2D eigenvalue weighted by atomic mass is 10.2. The van der Waals surface area contributed by atoms with Crippen LogP contribution in [-0.2, 0) is 4.84 Å². The summed E-state index contributed by atoms with van der Waals surface area (Å²) in [6, 6.07) is 7.31. The number of amides is 1. The molecule has 94 valence electrons. The summed E-state index contributed by atoms with van der Waals surface area (Å²) in [4.78, 5) is 20.9. The molecule has 6 heteroatoms. The molecule has 0 atom stereocenters. The first-order valence-corrected chi connectivity index (χ1v) is 6.41. The monoisotopic (exact) mass is 282 g/mol. The normalized spacial score (nSPS) is 10.4. The van der Waals surface area contributed by atoms with Crippen LogP contribution >= 0.6 is 22.9 Å². The molecule has 0 aliphatic rings. The van der Waals surface area contributed by atoms with Gasteiger partial charge in [-0.05, 0) is 12.1 Å². The van der Waals surface area contributed by atoms with Gasteiger partial charge in [-0.15, -0.1) is 11.3 Å². The van der Waals surface area contributed by atoms with Crippen molar-refractivity contribution in [1.29, 1.82) is 0 Å². The highest BCUT2D eigenvalue weighted by Gasteiger charge is 2.16. The Morgan fingerprint density at radius 3 is 2.67 bits per heavy atom. The Hall–Kier alpha value is -1.43. The minimum Gasteiger partial charge on any atom is -0.274 e. The molecule has 18 heavy (non-hydrogen) atoms. The molecule has 0 saturated heterocycles. The van der Waals surface area contributed by atoms with Crippen LogP contribution in [0.15, 0.2) is 29.6 Å². The largest absolute Gasteiger partial charge is 0.306 e. The molecule has 0 radical (unpaired) electrons. The van der Waals surface area contributed by atoms with Crippen LogP contribution in [0.3, 0.4) is 0 Å². The number of hydroxylamine groups is 2. The third-order valence-electron chi connectivity index (χ3n) is 2.39. The highest BCUT2D eigenvalue weighted by Crippen LogP contribution is 2.24. The maximum Gasteiger partial charge on any atom is 0.306 e. The topological polar surface area (TPSA) is 42.4 Å². The van der Waals surface area contributed by atoms with Crippen molar-refractivity contribution >= 4 is 28.8 Å². The predicted octanol–water partition coefficient (Wildman–Crippen LogP) is 3.10. The van der Waals surface area contributed by atoms with Crippen molar-refractivity contribution in [3.63, 3.8) is 0 Å². The Balaban J connectivity index is 2.25. The molecule has 0 aliphatic carbocycles. The Kier molecular flexibility index (Phi) is 3.96. The number of hydrogen-bond acceptors (Lipinski definition) is 4. The number of nitrogens with zero attached hydrogens (tertiary/aromatic N) is 2. The Morgan fingerprint density at radius 2 is 2.06 bits per heavy atom. The van der Waals surface area contributed by atoms with Crippen LogP contribution in [0.2, 0.25) is 5.02 Å². The smallest absolute Gasteiger partial charge is 0.274 e. The number of carbonyl (C=O) groups is 1. The number of aromatic nitrogens is 1. The van der Waals surface area contributed by atoms with Crippen LogP contribution in [0.5, 0.6) is 0 Å². The molecule has 2 rings (SSSR count). The minimum atomic E-state index is -0.261. The first kappa shape index (κ1) is 13.0. The van der Waals surface area contributed by atoms with Crippen molar-refractivity contribution in [2.75, 3.05) is 14.2 Å². The number of halogens is 1. The van der Waals surface area contributed by atoms with E-state index in [1.165, 1.54) is 18.4 Å². The van der Waals surface area contributed by atoms with E-state index in [-0.39, 0.29) is 5.91 Å². The fourth-order valence-corrected chi connectivity index (χ4v) is 2.26. The third kappa shape index (κ3) is 2.69. The lowest BCUT2D eigenvalue weighted by Gasteiger charge is -2.10. The van der Waals surface area contributed by atoms with Gasteiger partial charge in [-0.3, -0.25) is 9.63 Å². The number of benzene rings is 1. The van der Waals surface area contributed by atoms with Crippen molar-refractivity contribution < 1.29 is 9.63 Å². The predicted molar refractivity (Wildman–Crippen MR) is 71.7 cm³/mol. The van der Waals surface area contributed by atoms with Crippen LogP contribution in [0.4, 0.5) is 0 Å². The van der Waals surface area contributed by atoms with E-state index >= 15 is 0 Å². The van der Waals surface area contributed by atoms with Gasteiger partial charge >= 0.3 is 5.91 Å². The van der Waals surface area contributed by atoms with E-state index in [2.05, 4.69) is 4.98 Å². The molecule has 2 aromatic rings. The van der Waals surface area contributed by atoms with Crippen molar-refractivity contribution in [2.45, 2.75) is 0 Å². The minimum absolute atomic E-state index is 0.261. The van der Waals surface area contributed by atoms with Gasteiger partial charge in [0, 0.05) is 23.0 Å². The van der Waals surface area contributed by atoms with Crippen LogP contribution in [-0.4, -0.2) is 30.1 Å². The summed E-state index contributed by atoms with van der Waals surface area (Å²) in [5, 5.41) is 4.04. The van der Waals surface area contributed by atoms with Gasteiger partial charge in [0.25, 0.3) is 0 Å². The van der Waals surface area contributed by atoms with Crippen LogP contribution < -0.4 is 0 Å². The Morgan fingerprint density at radius 1 is 1.39 bits per heavy atom. The summed E-state index contributed by atoms with van der Waals surface area (Å²) in [6.07, 6.45) is 0. The van der Waals surface area contributed by atoms with Crippen molar-refractivity contribution in [3.8, 4) is 11.3 Å². The number of thiazole rings is 1. The summed E-state index contributed by atoms with van der Waals surface area (Å²) < 4.78 is 0. The lowest BCUT2D eigenvalue weighted by molar-refractivity contribution is -0.0757. The summed E-state index contributed by atoms with van der Waals surface area (Å²) in [7, 11) is 2.98. The van der Waals surface area contributed by atoms with Crippen molar-refractivity contribution in [1.82, 2.24) is 10.0 Å². The number of hydrogen-bond donors (Lipinski definition) is 0. The maximum absolute atomic E-state index is 11.8. The van der Waals surface area contributed by atoms with E-state index in [9.17, 15) is 4.79 Å². The molecule has 0 spiro atoms. The van der Waals surface area contributed by atoms with Crippen LogP contribution in [0.25, 0.3) is 11.3 Å². The molecule has 0 bridgehead atoms. The molecular weight excluding hydrogens is 272 g/mol. The standard InChI is InChI=1S/C12H11ClN2O2S/c1-15(17-2)12(16)11-14-10(7-18-11)8-3-5-9(13)6-4-8/h3-7H,1-2H3. The Bertz CT molecular complexity index is 553. The average molecular weight is 283 g/mol. The molecule has 1 heterocycles. The zero-order valence-corrected chi connectivity index (χ0v) is 11.5. The molecule has 1 aromatic carbocycles. The quantitative estimate of drug-likeness (QED) is 0.813. The highest BCUT2D eigenvalue weighted by molar-refractivity contribution is 7.12. The Labute approximate surface area is 114 Å².